The average molecular weight is 171 g/mol. The fourth-order valence-corrected chi connectivity index (χ4v) is 1.14. The van der Waals surface area contributed by atoms with Crippen LogP contribution in [0.15, 0.2) is 0 Å². The molecule has 1 saturated carbocycles. The molecule has 0 aromatic rings. The quantitative estimate of drug-likeness (QED) is 0.683. The number of rotatable bonds is 4. The van der Waals surface area contributed by atoms with E-state index in [-0.39, 0.29) is 17.4 Å². The number of nitrogens with one attached hydrogen (secondary N) is 1. The molecule has 0 saturated heterocycles. The zero-order valence-electron chi connectivity index (χ0n) is 8.02. The molecule has 1 aliphatic carbocycles. The van der Waals surface area contributed by atoms with Crippen LogP contribution < -0.4 is 5.32 Å². The van der Waals surface area contributed by atoms with Gasteiger partial charge in [-0.15, -0.1) is 0 Å². The first-order valence-electron chi connectivity index (χ1n) is 4.41. The molecule has 1 N–H and O–H groups in total. The highest BCUT2D eigenvalue weighted by atomic mass is 16.5. The van der Waals surface area contributed by atoms with Crippen molar-refractivity contribution in [2.45, 2.75) is 32.2 Å². The van der Waals surface area contributed by atoms with Crippen LogP contribution in [0.1, 0.15) is 26.7 Å². The highest BCUT2D eigenvalue weighted by Crippen LogP contribution is 2.35. The van der Waals surface area contributed by atoms with Crippen LogP contribution in [0.25, 0.3) is 0 Å². The average Bonchev–Trinajstić information content (AvgIpc) is 2.69. The third-order valence-electron chi connectivity index (χ3n) is 2.19. The minimum Gasteiger partial charge on any atom is -0.382 e. The van der Waals surface area contributed by atoms with Crippen molar-refractivity contribution in [3.05, 3.63) is 0 Å². The summed E-state index contributed by atoms with van der Waals surface area (Å²) in [5.41, 5.74) is -0.0178. The Balaban J connectivity index is 2.35. The number of hydrogen-bond acceptors (Lipinski definition) is 2. The lowest BCUT2D eigenvalue weighted by atomic mass is 10.2. The Hall–Kier alpha value is -0.570. The van der Waals surface area contributed by atoms with Gasteiger partial charge in [0.15, 0.2) is 0 Å². The van der Waals surface area contributed by atoms with Gasteiger partial charge in [0, 0.05) is 13.0 Å². The Morgan fingerprint density at radius 1 is 1.58 bits per heavy atom. The van der Waals surface area contributed by atoms with E-state index < -0.39 is 0 Å². The molecule has 1 rings (SSSR count). The minimum absolute atomic E-state index is 0.0178. The van der Waals surface area contributed by atoms with Crippen LogP contribution in [0.4, 0.5) is 0 Å². The molecule has 0 bridgehead atoms. The standard InChI is InChI=1S/C9H17NO2/c1-7(2)8(11)10-9(4-5-9)6-12-3/h7H,4-6H2,1-3H3,(H,10,11). The molecule has 70 valence electrons. The van der Waals surface area contributed by atoms with Crippen molar-refractivity contribution in [1.82, 2.24) is 5.32 Å². The second-order valence-corrected chi connectivity index (χ2v) is 3.86. The number of ether oxygens (including phenoxy) is 1. The normalized spacial score (nSPS) is 19.3. The number of hydrogen-bond donors (Lipinski definition) is 1. The van der Waals surface area contributed by atoms with Gasteiger partial charge in [-0.3, -0.25) is 4.79 Å². The first kappa shape index (κ1) is 9.52. The van der Waals surface area contributed by atoms with Gasteiger partial charge in [0.2, 0.25) is 5.91 Å². The maximum absolute atomic E-state index is 11.3. The molecule has 0 atom stereocenters. The summed E-state index contributed by atoms with van der Waals surface area (Å²) in [6, 6.07) is 0. The predicted octanol–water partition coefficient (Wildman–Crippen LogP) is 0.938. The largest absolute Gasteiger partial charge is 0.382 e. The SMILES string of the molecule is COCC1(NC(=O)C(C)C)CC1. The molecule has 3 heteroatoms. The predicted molar refractivity (Wildman–Crippen MR) is 46.8 cm³/mol. The Morgan fingerprint density at radius 2 is 2.17 bits per heavy atom. The lowest BCUT2D eigenvalue weighted by Gasteiger charge is -2.17. The van der Waals surface area contributed by atoms with Crippen molar-refractivity contribution in [1.29, 1.82) is 0 Å². The van der Waals surface area contributed by atoms with Crippen molar-refractivity contribution in [3.8, 4) is 0 Å². The summed E-state index contributed by atoms with van der Waals surface area (Å²) in [5.74, 6) is 0.198. The fourth-order valence-electron chi connectivity index (χ4n) is 1.14. The molecule has 0 heterocycles. The van der Waals surface area contributed by atoms with Crippen LogP contribution in [0.5, 0.6) is 0 Å². The van der Waals surface area contributed by atoms with E-state index in [1.807, 2.05) is 13.8 Å². The van der Waals surface area contributed by atoms with Crippen molar-refractivity contribution < 1.29 is 9.53 Å². The zero-order chi connectivity index (χ0) is 9.19. The minimum atomic E-state index is -0.0178. The van der Waals surface area contributed by atoms with Crippen LogP contribution >= 0.6 is 0 Å². The van der Waals surface area contributed by atoms with Gasteiger partial charge in [-0.25, -0.2) is 0 Å². The Morgan fingerprint density at radius 3 is 2.50 bits per heavy atom. The van der Waals surface area contributed by atoms with Crippen LogP contribution in [0, 0.1) is 5.92 Å². The van der Waals surface area contributed by atoms with Gasteiger partial charge in [-0.2, -0.15) is 0 Å². The Kier molecular flexibility index (Phi) is 2.73. The molecule has 0 aliphatic heterocycles. The van der Waals surface area contributed by atoms with Gasteiger partial charge in [0.05, 0.1) is 12.1 Å². The summed E-state index contributed by atoms with van der Waals surface area (Å²) in [6.45, 7) is 4.45. The maximum Gasteiger partial charge on any atom is 0.223 e. The lowest BCUT2D eigenvalue weighted by Crippen LogP contribution is -2.42. The van der Waals surface area contributed by atoms with E-state index in [0.29, 0.717) is 6.61 Å². The maximum atomic E-state index is 11.3. The number of carbonyl (C=O) groups is 1. The smallest absolute Gasteiger partial charge is 0.223 e. The van der Waals surface area contributed by atoms with Gasteiger partial charge in [0.25, 0.3) is 0 Å². The van der Waals surface area contributed by atoms with Crippen molar-refractivity contribution in [2.24, 2.45) is 5.92 Å². The zero-order valence-corrected chi connectivity index (χ0v) is 8.02. The second-order valence-electron chi connectivity index (χ2n) is 3.86. The fraction of sp³-hybridized carbons (Fsp3) is 0.889. The molecule has 1 amide bonds. The molecule has 0 aromatic heterocycles. The van der Waals surface area contributed by atoms with Crippen molar-refractivity contribution in [2.75, 3.05) is 13.7 Å². The van der Waals surface area contributed by atoms with E-state index in [1.54, 1.807) is 7.11 Å². The van der Waals surface area contributed by atoms with Gasteiger partial charge < -0.3 is 10.1 Å². The molecule has 3 nitrogen and oxygen atoms in total. The van der Waals surface area contributed by atoms with Crippen molar-refractivity contribution in [3.63, 3.8) is 0 Å². The van der Waals surface area contributed by atoms with E-state index in [4.69, 9.17) is 4.74 Å². The summed E-state index contributed by atoms with van der Waals surface area (Å²) < 4.78 is 5.04. The van der Waals surface area contributed by atoms with E-state index in [2.05, 4.69) is 5.32 Å². The summed E-state index contributed by atoms with van der Waals surface area (Å²) in [4.78, 5) is 11.3. The first-order valence-corrected chi connectivity index (χ1v) is 4.41. The van der Waals surface area contributed by atoms with Crippen LogP contribution in [0.2, 0.25) is 0 Å². The lowest BCUT2D eigenvalue weighted by molar-refractivity contribution is -0.125. The van der Waals surface area contributed by atoms with Gasteiger partial charge in [-0.1, -0.05) is 13.8 Å². The topological polar surface area (TPSA) is 38.3 Å². The molecule has 0 unspecified atom stereocenters. The summed E-state index contributed by atoms with van der Waals surface area (Å²) in [7, 11) is 1.67. The van der Waals surface area contributed by atoms with Crippen molar-refractivity contribution >= 4 is 5.91 Å². The molecule has 1 fully saturated rings. The van der Waals surface area contributed by atoms with E-state index in [0.717, 1.165) is 12.8 Å². The molecule has 0 spiro atoms. The summed E-state index contributed by atoms with van der Waals surface area (Å²) in [5, 5.41) is 3.00. The Labute approximate surface area is 73.5 Å². The third-order valence-corrected chi connectivity index (χ3v) is 2.19. The molecule has 0 radical (unpaired) electrons. The summed E-state index contributed by atoms with van der Waals surface area (Å²) in [6.07, 6.45) is 2.11. The van der Waals surface area contributed by atoms with E-state index in [9.17, 15) is 4.79 Å². The van der Waals surface area contributed by atoms with E-state index >= 15 is 0 Å². The molecule has 12 heavy (non-hydrogen) atoms. The third kappa shape index (κ3) is 2.21. The summed E-state index contributed by atoms with van der Waals surface area (Å²) >= 11 is 0. The van der Waals surface area contributed by atoms with Crippen LogP contribution in [-0.2, 0) is 9.53 Å². The highest BCUT2D eigenvalue weighted by Gasteiger charge is 2.44. The molecule has 0 aromatic carbocycles. The van der Waals surface area contributed by atoms with Crippen LogP contribution in [-0.4, -0.2) is 25.2 Å². The highest BCUT2D eigenvalue weighted by molar-refractivity contribution is 5.79. The van der Waals surface area contributed by atoms with Gasteiger partial charge in [-0.05, 0) is 12.8 Å². The number of methoxy groups -OCH3 is 1. The number of carbonyl (C=O) groups excluding carboxylic acids is 1. The molecule has 1 aliphatic rings. The number of amides is 1. The molecular formula is C9H17NO2. The first-order chi connectivity index (χ1) is 5.59. The Bertz CT molecular complexity index is 173. The second kappa shape index (κ2) is 3.44. The van der Waals surface area contributed by atoms with E-state index in [1.165, 1.54) is 0 Å². The van der Waals surface area contributed by atoms with Gasteiger partial charge in [0.1, 0.15) is 0 Å². The van der Waals surface area contributed by atoms with Gasteiger partial charge >= 0.3 is 0 Å². The van der Waals surface area contributed by atoms with Crippen LogP contribution in [0.3, 0.4) is 0 Å². The molecular weight excluding hydrogens is 154 g/mol. The monoisotopic (exact) mass is 171 g/mol.